The SMILES string of the molecule is CC(=O)O[C@H]1C(=O)[C@@]2(C)[C@H]([C@H](OC(=O)c3ccccc3)[C@]3(O)C[C@H](OC(=O)C(OC(=O)/C=C/N4CCC(COCCC[P+](c5ccccc5)(c5ccccc5)c5ccccc5)CC4)[C@@H](NC(=O)c4ccccc4)c4ccccc4)C(C)=C1C3(C)C)[C@]1(OC(C)=O)CO[C@@H]1C[C@@H]2O. The van der Waals surface area contributed by atoms with Gasteiger partial charge in [0, 0.05) is 76.1 Å². The Morgan fingerprint density at radius 3 is 1.79 bits per heavy atom. The Hall–Kier alpha value is -8.64. The van der Waals surface area contributed by atoms with Gasteiger partial charge in [-0.3, -0.25) is 19.2 Å². The number of piperidine rings is 1. The van der Waals surface area contributed by atoms with E-state index in [0.717, 1.165) is 39.3 Å². The molecular weight excluding hydrogens is 1240 g/mol. The van der Waals surface area contributed by atoms with E-state index in [-0.39, 0.29) is 41.2 Å². The fraction of sp³-hybridized carbons (Fsp3) is 0.390. The van der Waals surface area contributed by atoms with Crippen LogP contribution in [0.5, 0.6) is 0 Å². The van der Waals surface area contributed by atoms with Crippen molar-refractivity contribution in [1.29, 1.82) is 0 Å². The molecule has 18 nitrogen and oxygen atoms in total. The molecule has 3 N–H and O–H groups in total. The number of ketones is 1. The second-order valence-electron chi connectivity index (χ2n) is 26.5. The van der Waals surface area contributed by atoms with Gasteiger partial charge < -0.3 is 53.6 Å². The van der Waals surface area contributed by atoms with Gasteiger partial charge in [0.15, 0.2) is 17.5 Å². The number of rotatable bonds is 22. The molecule has 4 fully saturated rings. The van der Waals surface area contributed by atoms with Gasteiger partial charge in [-0.15, -0.1) is 0 Å². The van der Waals surface area contributed by atoms with Crippen molar-refractivity contribution in [2.24, 2.45) is 22.7 Å². The van der Waals surface area contributed by atoms with Crippen LogP contribution in [0.2, 0.25) is 0 Å². The first-order valence-electron chi connectivity index (χ1n) is 32.9. The first kappa shape index (κ1) is 68.7. The number of esters is 5. The first-order chi connectivity index (χ1) is 46.1. The first-order valence-corrected chi connectivity index (χ1v) is 34.9. The summed E-state index contributed by atoms with van der Waals surface area (Å²) in [6.45, 7) is 10.4. The van der Waals surface area contributed by atoms with E-state index >= 15 is 9.59 Å². The number of benzene rings is 6. The van der Waals surface area contributed by atoms with Crippen LogP contribution in [-0.4, -0.2) is 144 Å². The van der Waals surface area contributed by atoms with Gasteiger partial charge in [-0.1, -0.05) is 135 Å². The minimum Gasteiger partial charge on any atom is -0.455 e. The second kappa shape index (κ2) is 29.0. The smallest absolute Gasteiger partial charge is 0.350 e. The second-order valence-corrected chi connectivity index (χ2v) is 30.1. The van der Waals surface area contributed by atoms with Crippen molar-refractivity contribution < 1.29 is 76.9 Å². The number of fused-ring (bicyclic) bond motifs is 5. The highest BCUT2D eigenvalue weighted by molar-refractivity contribution is 7.95. The third-order valence-corrected chi connectivity index (χ3v) is 25.0. The molecule has 2 saturated heterocycles. The molecule has 19 heteroatoms. The average molecular weight is 1320 g/mol. The highest BCUT2D eigenvalue weighted by atomic mass is 31.2. The summed E-state index contributed by atoms with van der Waals surface area (Å²) in [5, 5.41) is 33.4. The fourth-order valence-electron chi connectivity index (χ4n) is 15.4. The Morgan fingerprint density at radius 1 is 0.719 bits per heavy atom. The molecule has 5 aliphatic rings. The molecule has 6 aromatic carbocycles. The van der Waals surface area contributed by atoms with Gasteiger partial charge in [-0.25, -0.2) is 14.4 Å². The lowest BCUT2D eigenvalue weighted by molar-refractivity contribution is -0.346. The summed E-state index contributed by atoms with van der Waals surface area (Å²) in [6, 6.07) is 55.4. The van der Waals surface area contributed by atoms with Crippen LogP contribution in [0.25, 0.3) is 0 Å². The van der Waals surface area contributed by atoms with Crippen LogP contribution in [0, 0.1) is 22.7 Å². The standard InChI is InChI=1S/C77H83N2O16P/c1-50-60(47-77(88)70(94-72(86)56-30-17-9-18-31-56)68-75(6,61(82)46-62-76(68,49-90-62)95-52(3)81)69(84)66(91-51(2)80)64(50)74(77,4)5)92-73(87)67(65(54-26-13-7-14-27-54)78-71(85)55-28-15-8-16-29-55)93-63(83)40-43-79-41-38-53(39-42-79)48-89-44-25-45-96(57-32-19-10-20-33-57,58-34-21-11-22-35-58)59-36-23-12-24-37-59/h7-24,26-37,40,43,53,60-62,65-68,70,82,88H,25,38-39,41-42,44-49H2,1-6H3/p+1/b43-40+/t60-,61-,62+,65-,66+,67?,68-,70-,75+,76-,77+/m0/s1. The number of likely N-dealkylation sites (tertiary alicyclic amines) is 1. The molecule has 6 aromatic rings. The van der Waals surface area contributed by atoms with E-state index in [2.05, 4.69) is 96.3 Å². The van der Waals surface area contributed by atoms with E-state index in [1.165, 1.54) is 41.0 Å². The normalized spacial score (nSPS) is 26.0. The summed E-state index contributed by atoms with van der Waals surface area (Å²) < 4.78 is 44.0. The third kappa shape index (κ3) is 13.5. The molecule has 1 unspecified atom stereocenters. The van der Waals surface area contributed by atoms with Gasteiger partial charge in [0.25, 0.3) is 5.91 Å². The fourth-order valence-corrected chi connectivity index (χ4v) is 19.7. The predicted molar refractivity (Wildman–Crippen MR) is 360 cm³/mol. The van der Waals surface area contributed by atoms with Gasteiger partial charge in [-0.2, -0.15) is 0 Å². The molecule has 96 heavy (non-hydrogen) atoms. The maximum absolute atomic E-state index is 16.0. The van der Waals surface area contributed by atoms with E-state index in [4.69, 9.17) is 33.2 Å². The summed E-state index contributed by atoms with van der Waals surface area (Å²) in [6.07, 6.45) is -4.69. The van der Waals surface area contributed by atoms with Crippen LogP contribution >= 0.6 is 7.26 Å². The molecular formula is C77H84N2O16P+. The molecule has 2 heterocycles. The van der Waals surface area contributed by atoms with Gasteiger partial charge in [0.2, 0.25) is 6.10 Å². The Morgan fingerprint density at radius 2 is 1.26 bits per heavy atom. The number of carbonyl (C=O) groups is 7. The van der Waals surface area contributed by atoms with E-state index < -0.39 is 126 Å². The van der Waals surface area contributed by atoms with E-state index in [0.29, 0.717) is 31.9 Å². The zero-order valence-corrected chi connectivity index (χ0v) is 55.8. The lowest BCUT2D eigenvalue weighted by atomic mass is 9.44. The Bertz CT molecular complexity index is 3730. The maximum atomic E-state index is 16.0. The molecule has 11 rings (SSSR count). The number of hydrogen-bond acceptors (Lipinski definition) is 17. The Kier molecular flexibility index (Phi) is 20.7. The van der Waals surface area contributed by atoms with Crippen molar-refractivity contribution >= 4 is 64.7 Å². The predicted octanol–water partition coefficient (Wildman–Crippen LogP) is 8.91. The number of Topliss-reactive ketones (excluding diaryl/α,β-unsaturated/α-hetero) is 1. The third-order valence-electron chi connectivity index (χ3n) is 20.5. The van der Waals surface area contributed by atoms with Crippen LogP contribution in [0.1, 0.15) is 106 Å². The zero-order valence-electron chi connectivity index (χ0n) is 55.0. The lowest BCUT2D eigenvalue weighted by Crippen LogP contribution is -2.82. The van der Waals surface area contributed by atoms with E-state index in [1.807, 2.05) is 4.90 Å². The van der Waals surface area contributed by atoms with Crippen LogP contribution in [0.15, 0.2) is 205 Å². The number of aliphatic hydroxyl groups excluding tert-OH is 1. The molecule has 0 radical (unpaired) electrons. The quantitative estimate of drug-likeness (QED) is 0.0144. The maximum Gasteiger partial charge on any atom is 0.350 e. The van der Waals surface area contributed by atoms with Crippen molar-refractivity contribution in [3.63, 3.8) is 0 Å². The number of nitrogens with one attached hydrogen (secondary N) is 1. The van der Waals surface area contributed by atoms with Gasteiger partial charge in [0.05, 0.1) is 42.4 Å². The van der Waals surface area contributed by atoms with Gasteiger partial charge >= 0.3 is 29.8 Å². The average Bonchev–Trinajstić information content (AvgIpc) is 0.670. The van der Waals surface area contributed by atoms with Crippen molar-refractivity contribution in [3.05, 3.63) is 222 Å². The summed E-state index contributed by atoms with van der Waals surface area (Å²) in [5.74, 6) is -7.70. The number of hydrogen-bond donors (Lipinski definition) is 3. The minimum atomic E-state index is -2.48. The zero-order chi connectivity index (χ0) is 68.0. The molecule has 3 aliphatic carbocycles. The Balaban J connectivity index is 0.871. The van der Waals surface area contributed by atoms with Crippen LogP contribution in [0.4, 0.5) is 0 Å². The van der Waals surface area contributed by atoms with Gasteiger partial charge in [0.1, 0.15) is 53.1 Å². The lowest BCUT2D eigenvalue weighted by Gasteiger charge is -2.67. The van der Waals surface area contributed by atoms with E-state index in [9.17, 15) is 34.2 Å². The molecule has 11 atom stereocenters. The molecule has 2 saturated carbocycles. The molecule has 0 aromatic heterocycles. The summed E-state index contributed by atoms with van der Waals surface area (Å²) in [7, 11) is -2.01. The molecule has 0 spiro atoms. The van der Waals surface area contributed by atoms with E-state index in [1.54, 1.807) is 106 Å². The van der Waals surface area contributed by atoms with Crippen molar-refractivity contribution in [3.8, 4) is 0 Å². The number of carbonyl (C=O) groups excluding carboxylic acids is 7. The molecule has 502 valence electrons. The van der Waals surface area contributed by atoms with Crippen LogP contribution in [-0.2, 0) is 57.1 Å². The molecule has 2 bridgehead atoms. The van der Waals surface area contributed by atoms with Crippen molar-refractivity contribution in [2.75, 3.05) is 39.1 Å². The number of nitrogens with zero attached hydrogens (tertiary/aromatic N) is 1. The minimum absolute atomic E-state index is 0.0343. The highest BCUT2D eigenvalue weighted by Gasteiger charge is 2.78. The molecule has 1 amide bonds. The molecule has 2 aliphatic heterocycles. The monoisotopic (exact) mass is 1320 g/mol. The highest BCUT2D eigenvalue weighted by Crippen LogP contribution is 2.65. The summed E-state index contributed by atoms with van der Waals surface area (Å²) in [4.78, 5) is 104. The number of aliphatic hydroxyl groups is 2. The van der Waals surface area contributed by atoms with Crippen LogP contribution < -0.4 is 21.2 Å². The van der Waals surface area contributed by atoms with Crippen LogP contribution in [0.3, 0.4) is 0 Å². The topological polar surface area (TPSA) is 240 Å². The summed E-state index contributed by atoms with van der Waals surface area (Å²) in [5.41, 5.74) is -7.46. The van der Waals surface area contributed by atoms with Crippen molar-refractivity contribution in [2.45, 2.75) is 128 Å². The van der Waals surface area contributed by atoms with Crippen molar-refractivity contribution in [1.82, 2.24) is 10.2 Å². The number of ether oxygens (including phenoxy) is 7. The van der Waals surface area contributed by atoms with Gasteiger partial charge in [-0.05, 0) is 110 Å². The summed E-state index contributed by atoms with van der Waals surface area (Å²) >= 11 is 0. The largest absolute Gasteiger partial charge is 0.455 e. The Labute approximate surface area is 560 Å². The number of amides is 1.